The van der Waals surface area contributed by atoms with E-state index in [0.717, 1.165) is 4.31 Å². The molecule has 0 radical (unpaired) electrons. The van der Waals surface area contributed by atoms with Crippen LogP contribution in [0.4, 0.5) is 5.69 Å². The number of piperazine rings is 1. The molecular weight excluding hydrogens is 583 g/mol. The summed E-state index contributed by atoms with van der Waals surface area (Å²) in [6.45, 7) is 1.44. The minimum absolute atomic E-state index is 0.0290. The first-order valence-electron chi connectivity index (χ1n) is 12.0. The lowest BCUT2D eigenvalue weighted by molar-refractivity contribution is -0.116. The number of hydrogen-bond donors (Lipinski definition) is 1. The molecule has 0 spiro atoms. The molecule has 3 aromatic carbocycles. The number of hydrogen-bond acceptors (Lipinski definition) is 6. The maximum atomic E-state index is 13.4. The second-order valence-corrected chi connectivity index (χ2v) is 13.8. The second-order valence-electron chi connectivity index (χ2n) is 9.10. The van der Waals surface area contributed by atoms with Crippen LogP contribution in [0.15, 0.2) is 82.6 Å². The highest BCUT2D eigenvalue weighted by molar-refractivity contribution is 7.89. The highest BCUT2D eigenvalue weighted by Gasteiger charge is 2.29. The molecule has 1 fully saturated rings. The molecule has 0 saturated carbocycles. The molecule has 0 atom stereocenters. The summed E-state index contributed by atoms with van der Waals surface area (Å²) in [7, 11) is -5.78. The van der Waals surface area contributed by atoms with E-state index in [0.29, 0.717) is 42.5 Å². The first kappa shape index (κ1) is 29.5. The molecule has 1 heterocycles. The average molecular weight is 612 g/mol. The Morgan fingerprint density at radius 1 is 0.872 bits per heavy atom. The van der Waals surface area contributed by atoms with E-state index in [9.17, 15) is 21.6 Å². The first-order valence-corrected chi connectivity index (χ1v) is 15.7. The lowest BCUT2D eigenvalue weighted by Gasteiger charge is -2.31. The number of amides is 1. The molecule has 0 unspecified atom stereocenters. The molecule has 1 aliphatic heterocycles. The van der Waals surface area contributed by atoms with Crippen LogP contribution in [-0.4, -0.2) is 76.0 Å². The standard InChI is InChI=1S/C26H28Cl2N4O5S2/c1-30-13-15-31(16-14-30)38(34,35)24-11-9-22(10-12-24)29-26(33)19-32(18-20-7-8-21(27)17-25(20)28)39(36,37)23-5-3-2-4-6-23/h2-12,17H,13-16,18-19H2,1H3,(H,29,33). The third-order valence-corrected chi connectivity index (χ3v) is 10.6. The quantitative estimate of drug-likeness (QED) is 0.395. The molecule has 0 bridgehead atoms. The molecule has 1 N–H and O–H groups in total. The van der Waals surface area contributed by atoms with Crippen molar-refractivity contribution in [1.82, 2.24) is 13.5 Å². The van der Waals surface area contributed by atoms with Gasteiger partial charge in [-0.2, -0.15) is 8.61 Å². The fourth-order valence-electron chi connectivity index (χ4n) is 4.06. The molecule has 1 amide bonds. The number of carbonyl (C=O) groups is 1. The zero-order chi connectivity index (χ0) is 28.2. The Morgan fingerprint density at radius 3 is 2.13 bits per heavy atom. The van der Waals surface area contributed by atoms with E-state index in [1.165, 1.54) is 46.8 Å². The minimum Gasteiger partial charge on any atom is -0.325 e. The molecule has 9 nitrogen and oxygen atoms in total. The number of halogens is 2. The van der Waals surface area contributed by atoms with Crippen molar-refractivity contribution in [2.45, 2.75) is 16.3 Å². The molecular formula is C26H28Cl2N4O5S2. The Hall–Kier alpha value is -2.51. The number of rotatable bonds is 9. The van der Waals surface area contributed by atoms with Crippen LogP contribution in [0.2, 0.25) is 10.0 Å². The van der Waals surface area contributed by atoms with Gasteiger partial charge in [0, 0.05) is 48.5 Å². The summed E-state index contributed by atoms with van der Waals surface area (Å²) in [5.41, 5.74) is 0.811. The predicted molar refractivity (Wildman–Crippen MR) is 152 cm³/mol. The molecule has 4 rings (SSSR count). The normalized spacial score (nSPS) is 15.4. The lowest BCUT2D eigenvalue weighted by atomic mass is 10.2. The van der Waals surface area contributed by atoms with Gasteiger partial charge in [-0.15, -0.1) is 0 Å². The molecule has 1 aliphatic rings. The van der Waals surface area contributed by atoms with E-state index in [4.69, 9.17) is 23.2 Å². The fraction of sp³-hybridized carbons (Fsp3) is 0.269. The number of anilines is 1. The zero-order valence-electron chi connectivity index (χ0n) is 21.1. The number of carbonyl (C=O) groups excluding carboxylic acids is 1. The molecule has 1 saturated heterocycles. The van der Waals surface area contributed by atoms with Gasteiger partial charge < -0.3 is 10.2 Å². The van der Waals surface area contributed by atoms with E-state index in [1.807, 2.05) is 7.05 Å². The summed E-state index contributed by atoms with van der Waals surface area (Å²) in [4.78, 5) is 15.2. The zero-order valence-corrected chi connectivity index (χ0v) is 24.3. The van der Waals surface area contributed by atoms with Gasteiger partial charge in [-0.1, -0.05) is 47.5 Å². The Labute approximate surface area is 239 Å². The van der Waals surface area contributed by atoms with Crippen molar-refractivity contribution in [2.24, 2.45) is 0 Å². The highest BCUT2D eigenvalue weighted by Crippen LogP contribution is 2.26. The third kappa shape index (κ3) is 7.17. The number of benzene rings is 3. The summed E-state index contributed by atoms with van der Waals surface area (Å²) in [5, 5.41) is 3.33. The number of nitrogens with one attached hydrogen (secondary N) is 1. The maximum Gasteiger partial charge on any atom is 0.243 e. The van der Waals surface area contributed by atoms with Crippen LogP contribution in [0.3, 0.4) is 0 Å². The minimum atomic E-state index is -4.06. The van der Waals surface area contributed by atoms with Crippen LogP contribution in [0.1, 0.15) is 5.56 Å². The predicted octanol–water partition coefficient (Wildman–Crippen LogP) is 3.76. The van der Waals surface area contributed by atoms with Crippen molar-refractivity contribution in [3.05, 3.63) is 88.4 Å². The largest absolute Gasteiger partial charge is 0.325 e. The van der Waals surface area contributed by atoms with Gasteiger partial charge >= 0.3 is 0 Å². The van der Waals surface area contributed by atoms with Gasteiger partial charge in [0.15, 0.2) is 0 Å². The van der Waals surface area contributed by atoms with Crippen LogP contribution in [0, 0.1) is 0 Å². The van der Waals surface area contributed by atoms with E-state index in [-0.39, 0.29) is 21.4 Å². The summed E-state index contributed by atoms with van der Waals surface area (Å²) in [6.07, 6.45) is 0. The number of sulfonamides is 2. The van der Waals surface area contributed by atoms with Crippen LogP contribution in [0.5, 0.6) is 0 Å². The molecule has 0 aromatic heterocycles. The van der Waals surface area contributed by atoms with Crippen LogP contribution >= 0.6 is 23.2 Å². The summed E-state index contributed by atoms with van der Waals surface area (Å²) in [6, 6.07) is 18.3. The lowest BCUT2D eigenvalue weighted by Crippen LogP contribution is -2.46. The van der Waals surface area contributed by atoms with Crippen molar-refractivity contribution in [3.8, 4) is 0 Å². The van der Waals surface area contributed by atoms with E-state index < -0.39 is 32.5 Å². The van der Waals surface area contributed by atoms with Crippen molar-refractivity contribution in [1.29, 1.82) is 0 Å². The number of likely N-dealkylation sites (N-methyl/N-ethyl adjacent to an activating group) is 1. The maximum absolute atomic E-state index is 13.4. The molecule has 208 valence electrons. The SMILES string of the molecule is CN1CCN(S(=O)(=O)c2ccc(NC(=O)CN(Cc3ccc(Cl)cc3Cl)S(=O)(=O)c3ccccc3)cc2)CC1. The summed E-state index contributed by atoms with van der Waals surface area (Å²) in [5.74, 6) is -0.603. The molecule has 39 heavy (non-hydrogen) atoms. The fourth-order valence-corrected chi connectivity index (χ4v) is 7.34. The van der Waals surface area contributed by atoms with Crippen molar-refractivity contribution < 1.29 is 21.6 Å². The topological polar surface area (TPSA) is 107 Å². The molecule has 13 heteroatoms. The van der Waals surface area contributed by atoms with Crippen LogP contribution < -0.4 is 5.32 Å². The van der Waals surface area contributed by atoms with E-state index in [2.05, 4.69) is 10.2 Å². The van der Waals surface area contributed by atoms with Gasteiger partial charge in [0.1, 0.15) is 0 Å². The molecule has 3 aromatic rings. The summed E-state index contributed by atoms with van der Waals surface area (Å²) >= 11 is 12.3. The van der Waals surface area contributed by atoms with Crippen LogP contribution in [-0.2, 0) is 31.4 Å². The van der Waals surface area contributed by atoms with Gasteiger partial charge in [-0.25, -0.2) is 16.8 Å². The molecule has 0 aliphatic carbocycles. The third-order valence-electron chi connectivity index (χ3n) is 6.30. The Morgan fingerprint density at radius 2 is 1.51 bits per heavy atom. The average Bonchev–Trinajstić information content (AvgIpc) is 2.90. The number of nitrogens with zero attached hydrogens (tertiary/aromatic N) is 3. The van der Waals surface area contributed by atoms with Crippen molar-refractivity contribution >= 4 is 54.8 Å². The van der Waals surface area contributed by atoms with Gasteiger partial charge in [-0.05, 0) is 61.1 Å². The van der Waals surface area contributed by atoms with Crippen molar-refractivity contribution in [2.75, 3.05) is 45.1 Å². The van der Waals surface area contributed by atoms with Gasteiger partial charge in [0.2, 0.25) is 26.0 Å². The van der Waals surface area contributed by atoms with Crippen molar-refractivity contribution in [3.63, 3.8) is 0 Å². The smallest absolute Gasteiger partial charge is 0.243 e. The highest BCUT2D eigenvalue weighted by atomic mass is 35.5. The second kappa shape index (κ2) is 12.3. The van der Waals surface area contributed by atoms with Gasteiger partial charge in [0.05, 0.1) is 16.3 Å². The Kier molecular flexibility index (Phi) is 9.33. The van der Waals surface area contributed by atoms with E-state index in [1.54, 1.807) is 30.3 Å². The monoisotopic (exact) mass is 610 g/mol. The van der Waals surface area contributed by atoms with Crippen LogP contribution in [0.25, 0.3) is 0 Å². The Bertz CT molecular complexity index is 1530. The van der Waals surface area contributed by atoms with Gasteiger partial charge in [0.25, 0.3) is 0 Å². The van der Waals surface area contributed by atoms with Gasteiger partial charge in [-0.3, -0.25) is 4.79 Å². The Balaban J connectivity index is 1.51. The first-order chi connectivity index (χ1) is 18.5. The van der Waals surface area contributed by atoms with E-state index >= 15 is 0 Å². The summed E-state index contributed by atoms with van der Waals surface area (Å²) < 4.78 is 55.3.